The Morgan fingerprint density at radius 3 is 2.88 bits per heavy atom. The van der Waals surface area contributed by atoms with Gasteiger partial charge in [0.2, 0.25) is 0 Å². The summed E-state index contributed by atoms with van der Waals surface area (Å²) in [6, 6.07) is 7.11. The highest BCUT2D eigenvalue weighted by atomic mass is 32.1. The molecule has 2 N–H and O–H groups in total. The number of para-hydroxylation sites is 1. The van der Waals surface area contributed by atoms with Crippen molar-refractivity contribution >= 4 is 12.2 Å². The molecule has 0 spiro atoms. The lowest BCUT2D eigenvalue weighted by atomic mass is 10.2. The van der Waals surface area contributed by atoms with Gasteiger partial charge in [0, 0.05) is 6.54 Å². The molecule has 5 heteroatoms. The average Bonchev–Trinajstić information content (AvgIpc) is 2.62. The van der Waals surface area contributed by atoms with Crippen LogP contribution >= 0.6 is 12.2 Å². The van der Waals surface area contributed by atoms with Crippen LogP contribution in [0.1, 0.15) is 13.3 Å². The first-order valence-electron chi connectivity index (χ1n) is 5.17. The first-order chi connectivity index (χ1) is 7.74. The number of hydrogen-bond acceptors (Lipinski definition) is 3. The second-order valence-electron chi connectivity index (χ2n) is 3.52. The molecular weight excluding hydrogens is 222 g/mol. The van der Waals surface area contributed by atoms with Gasteiger partial charge in [-0.2, -0.15) is 5.10 Å². The first kappa shape index (κ1) is 10.9. The molecule has 0 aliphatic heterocycles. The van der Waals surface area contributed by atoms with Crippen molar-refractivity contribution in [3.8, 4) is 17.1 Å². The molecule has 1 heterocycles. The lowest BCUT2D eigenvalue weighted by molar-refractivity contribution is 0.476. The lowest BCUT2D eigenvalue weighted by Gasteiger charge is -2.06. The Balaban J connectivity index is 2.56. The number of H-pyrrole nitrogens is 1. The Bertz CT molecular complexity index is 544. The van der Waals surface area contributed by atoms with E-state index in [4.69, 9.17) is 12.2 Å². The standard InChI is InChI=1S/C11H13N3OS/c1-2-7-14-10(12-13-11(14)16)8-5-3-4-6-9(8)15/h3-6,15H,2,7H2,1H3,(H,13,16). The maximum absolute atomic E-state index is 9.76. The molecule has 0 fully saturated rings. The molecule has 4 nitrogen and oxygen atoms in total. The van der Waals surface area contributed by atoms with Crippen LogP contribution in [0.5, 0.6) is 5.75 Å². The Labute approximate surface area is 98.6 Å². The van der Waals surface area contributed by atoms with Gasteiger partial charge in [0.05, 0.1) is 5.56 Å². The highest BCUT2D eigenvalue weighted by Crippen LogP contribution is 2.26. The Morgan fingerprint density at radius 1 is 1.44 bits per heavy atom. The molecule has 1 aromatic heterocycles. The highest BCUT2D eigenvalue weighted by Gasteiger charge is 2.11. The maximum atomic E-state index is 9.76. The van der Waals surface area contributed by atoms with Crippen LogP contribution in [0.4, 0.5) is 0 Å². The van der Waals surface area contributed by atoms with Crippen molar-refractivity contribution in [2.45, 2.75) is 19.9 Å². The van der Waals surface area contributed by atoms with Crippen LogP contribution in [-0.2, 0) is 6.54 Å². The summed E-state index contributed by atoms with van der Waals surface area (Å²) in [6.45, 7) is 2.86. The van der Waals surface area contributed by atoms with E-state index in [0.717, 1.165) is 13.0 Å². The number of nitrogens with one attached hydrogen (secondary N) is 1. The second kappa shape index (κ2) is 4.49. The van der Waals surface area contributed by atoms with Crippen LogP contribution in [0.2, 0.25) is 0 Å². The molecule has 0 unspecified atom stereocenters. The van der Waals surface area contributed by atoms with Gasteiger partial charge in [0.25, 0.3) is 0 Å². The summed E-state index contributed by atoms with van der Waals surface area (Å²) in [5.74, 6) is 0.902. The van der Waals surface area contributed by atoms with Gasteiger partial charge in [-0.05, 0) is 30.8 Å². The number of rotatable bonds is 3. The van der Waals surface area contributed by atoms with Crippen molar-refractivity contribution in [3.63, 3.8) is 0 Å². The summed E-state index contributed by atoms with van der Waals surface area (Å²) in [6.07, 6.45) is 0.967. The first-order valence-corrected chi connectivity index (χ1v) is 5.58. The highest BCUT2D eigenvalue weighted by molar-refractivity contribution is 7.71. The number of hydrogen-bond donors (Lipinski definition) is 2. The van der Waals surface area contributed by atoms with E-state index in [1.165, 1.54) is 0 Å². The zero-order chi connectivity index (χ0) is 11.5. The topological polar surface area (TPSA) is 53.8 Å². The number of aromatic amines is 1. The van der Waals surface area contributed by atoms with Gasteiger partial charge in [-0.3, -0.25) is 5.10 Å². The molecule has 1 aromatic carbocycles. The minimum atomic E-state index is 0.217. The minimum Gasteiger partial charge on any atom is -0.507 e. The van der Waals surface area contributed by atoms with Crippen LogP contribution in [-0.4, -0.2) is 19.9 Å². The van der Waals surface area contributed by atoms with Crippen molar-refractivity contribution in [2.24, 2.45) is 0 Å². The van der Waals surface area contributed by atoms with Crippen molar-refractivity contribution in [3.05, 3.63) is 29.0 Å². The zero-order valence-corrected chi connectivity index (χ0v) is 9.79. The molecule has 0 saturated heterocycles. The molecule has 16 heavy (non-hydrogen) atoms. The normalized spacial score (nSPS) is 10.6. The Hall–Kier alpha value is -1.62. The van der Waals surface area contributed by atoms with Gasteiger partial charge < -0.3 is 9.67 Å². The second-order valence-corrected chi connectivity index (χ2v) is 3.91. The summed E-state index contributed by atoms with van der Waals surface area (Å²) in [5, 5.41) is 16.7. The largest absolute Gasteiger partial charge is 0.507 e. The number of benzene rings is 1. The third-order valence-electron chi connectivity index (χ3n) is 2.35. The van der Waals surface area contributed by atoms with E-state index in [9.17, 15) is 5.11 Å². The lowest BCUT2D eigenvalue weighted by Crippen LogP contribution is -1.99. The maximum Gasteiger partial charge on any atom is 0.195 e. The number of phenolic OH excluding ortho intramolecular Hbond substituents is 1. The Kier molecular flexibility index (Phi) is 3.05. The molecule has 0 radical (unpaired) electrons. The van der Waals surface area contributed by atoms with Crippen LogP contribution in [0.15, 0.2) is 24.3 Å². The molecule has 84 valence electrons. The molecule has 2 aromatic rings. The smallest absolute Gasteiger partial charge is 0.195 e. The van der Waals surface area contributed by atoms with Crippen molar-refractivity contribution in [2.75, 3.05) is 0 Å². The van der Waals surface area contributed by atoms with Crippen molar-refractivity contribution in [1.29, 1.82) is 0 Å². The molecule has 2 rings (SSSR count). The molecule has 0 bridgehead atoms. The predicted octanol–water partition coefficient (Wildman–Crippen LogP) is 2.72. The van der Waals surface area contributed by atoms with Gasteiger partial charge in [-0.1, -0.05) is 19.1 Å². The quantitative estimate of drug-likeness (QED) is 0.804. The fraction of sp³-hybridized carbons (Fsp3) is 0.273. The minimum absolute atomic E-state index is 0.217. The van der Waals surface area contributed by atoms with Gasteiger partial charge in [-0.15, -0.1) is 0 Å². The number of nitrogens with zero attached hydrogens (tertiary/aromatic N) is 2. The summed E-state index contributed by atoms with van der Waals surface area (Å²) in [4.78, 5) is 0. The van der Waals surface area contributed by atoms with E-state index in [0.29, 0.717) is 16.2 Å². The number of aromatic hydroxyl groups is 1. The molecular formula is C11H13N3OS. The summed E-state index contributed by atoms with van der Waals surface area (Å²) in [5.41, 5.74) is 0.698. The fourth-order valence-corrected chi connectivity index (χ4v) is 1.84. The van der Waals surface area contributed by atoms with Gasteiger partial charge >= 0.3 is 0 Å². The number of phenols is 1. The van der Waals surface area contributed by atoms with E-state index in [2.05, 4.69) is 17.1 Å². The summed E-state index contributed by atoms with van der Waals surface area (Å²) >= 11 is 5.14. The van der Waals surface area contributed by atoms with E-state index >= 15 is 0 Å². The van der Waals surface area contributed by atoms with Crippen molar-refractivity contribution in [1.82, 2.24) is 14.8 Å². The molecule has 0 amide bonds. The average molecular weight is 235 g/mol. The molecule has 0 atom stereocenters. The van der Waals surface area contributed by atoms with Gasteiger partial charge in [0.15, 0.2) is 10.6 Å². The van der Waals surface area contributed by atoms with E-state index < -0.39 is 0 Å². The monoisotopic (exact) mass is 235 g/mol. The van der Waals surface area contributed by atoms with E-state index in [1.54, 1.807) is 12.1 Å². The van der Waals surface area contributed by atoms with Crippen LogP contribution < -0.4 is 0 Å². The van der Waals surface area contributed by atoms with E-state index in [1.807, 2.05) is 16.7 Å². The van der Waals surface area contributed by atoms with Gasteiger partial charge in [0.1, 0.15) is 5.75 Å². The third-order valence-corrected chi connectivity index (χ3v) is 2.66. The zero-order valence-electron chi connectivity index (χ0n) is 8.97. The predicted molar refractivity (Wildman–Crippen MR) is 64.8 cm³/mol. The molecule has 0 aliphatic rings. The molecule has 0 aliphatic carbocycles. The molecule has 0 saturated carbocycles. The van der Waals surface area contributed by atoms with Crippen molar-refractivity contribution < 1.29 is 5.11 Å². The fourth-order valence-electron chi connectivity index (χ4n) is 1.62. The van der Waals surface area contributed by atoms with Crippen LogP contribution in [0, 0.1) is 4.77 Å². The SMILES string of the molecule is CCCn1c(-c2ccccc2O)n[nH]c1=S. The van der Waals surface area contributed by atoms with Crippen LogP contribution in [0.25, 0.3) is 11.4 Å². The summed E-state index contributed by atoms with van der Waals surface area (Å²) < 4.78 is 2.48. The van der Waals surface area contributed by atoms with E-state index in [-0.39, 0.29) is 5.75 Å². The Morgan fingerprint density at radius 2 is 2.19 bits per heavy atom. The summed E-state index contributed by atoms with van der Waals surface area (Å²) in [7, 11) is 0. The third kappa shape index (κ3) is 1.86. The van der Waals surface area contributed by atoms with Gasteiger partial charge in [-0.25, -0.2) is 0 Å². The van der Waals surface area contributed by atoms with Crippen LogP contribution in [0.3, 0.4) is 0 Å². The number of aromatic nitrogens is 3.